The molecule has 2 nitrogen and oxygen atoms in total. The number of fused-ring (bicyclic) bond motifs is 3. The number of hydrogen-bond donors (Lipinski definition) is 0. The Kier molecular flexibility index (Phi) is 0.973. The first-order valence-corrected chi connectivity index (χ1v) is 4.77. The van der Waals surface area contributed by atoms with Crippen molar-refractivity contribution in [1.82, 2.24) is 0 Å². The van der Waals surface area contributed by atoms with Crippen LogP contribution in [0.4, 0.5) is 0 Å². The Hall–Kier alpha value is -1.70. The molecule has 1 aliphatic heterocycles. The van der Waals surface area contributed by atoms with Crippen LogP contribution in [-0.4, -0.2) is 6.10 Å². The lowest BCUT2D eigenvalue weighted by Crippen LogP contribution is -2.01. The first kappa shape index (κ1) is 6.71. The van der Waals surface area contributed by atoms with Crippen molar-refractivity contribution in [2.45, 2.75) is 12.5 Å². The Morgan fingerprint density at radius 2 is 2.00 bits per heavy atom. The van der Waals surface area contributed by atoms with Gasteiger partial charge in [0.05, 0.1) is 12.5 Å². The van der Waals surface area contributed by atoms with Gasteiger partial charge in [0.15, 0.2) is 0 Å². The topological polar surface area (TPSA) is 22.4 Å². The maximum Gasteiger partial charge on any atom is 0.128 e. The van der Waals surface area contributed by atoms with E-state index < -0.39 is 0 Å². The predicted molar refractivity (Wildman–Crippen MR) is 53.2 cm³/mol. The summed E-state index contributed by atoms with van der Waals surface area (Å²) in [6.45, 7) is 0. The van der Waals surface area contributed by atoms with Crippen LogP contribution in [-0.2, 0) is 0 Å². The zero-order valence-electron chi connectivity index (χ0n) is 7.49. The van der Waals surface area contributed by atoms with E-state index >= 15 is 0 Å². The van der Waals surface area contributed by atoms with Crippen LogP contribution in [0.2, 0.25) is 0 Å². The fourth-order valence-electron chi connectivity index (χ4n) is 2.01. The van der Waals surface area contributed by atoms with Gasteiger partial charge in [-0.2, -0.15) is 0 Å². The number of ether oxygens (including phenoxy) is 1. The minimum Gasteiger partial charge on any atom is -0.485 e. The van der Waals surface area contributed by atoms with E-state index in [-0.39, 0.29) is 0 Å². The van der Waals surface area contributed by atoms with Crippen molar-refractivity contribution in [2.24, 2.45) is 0 Å². The molecule has 0 radical (unpaired) electrons. The van der Waals surface area contributed by atoms with Gasteiger partial charge in [-0.3, -0.25) is 0 Å². The minimum absolute atomic E-state index is 0.367. The lowest BCUT2D eigenvalue weighted by Gasteiger charge is -2.11. The van der Waals surface area contributed by atoms with Crippen LogP contribution in [0.1, 0.15) is 12.0 Å². The quantitative estimate of drug-likeness (QED) is 0.628. The zero-order chi connectivity index (χ0) is 9.12. The third-order valence-electron chi connectivity index (χ3n) is 2.89. The maximum absolute atomic E-state index is 5.77. The van der Waals surface area contributed by atoms with Crippen LogP contribution in [0.3, 0.4) is 0 Å². The van der Waals surface area contributed by atoms with E-state index in [0.29, 0.717) is 6.10 Å². The summed E-state index contributed by atoms with van der Waals surface area (Å²) >= 11 is 0. The van der Waals surface area contributed by atoms with E-state index in [1.165, 1.54) is 11.1 Å². The molecule has 0 bridgehead atoms. The SMILES string of the molecule is C1=C2CC2Oc2cc3cocc3cc21. The standard InChI is InChI=1S/C12H8O2/c1-7-2-9-5-13-6-10(9)4-12(7)14-11-3-8(1)11/h1-2,4-6,11H,3H2. The van der Waals surface area contributed by atoms with Crippen LogP contribution < -0.4 is 4.74 Å². The summed E-state index contributed by atoms with van der Waals surface area (Å²) < 4.78 is 10.9. The molecule has 1 aliphatic carbocycles. The average molecular weight is 184 g/mol. The molecule has 0 spiro atoms. The molecule has 0 saturated heterocycles. The smallest absolute Gasteiger partial charge is 0.128 e. The molecular formula is C12H8O2. The predicted octanol–water partition coefficient (Wildman–Crippen LogP) is 2.98. The maximum atomic E-state index is 5.77. The van der Waals surface area contributed by atoms with Gasteiger partial charge in [0.25, 0.3) is 0 Å². The summed E-state index contributed by atoms with van der Waals surface area (Å²) in [6, 6.07) is 4.18. The number of rotatable bonds is 0. The Bertz CT molecular complexity index is 563. The third kappa shape index (κ3) is 0.757. The fraction of sp³-hybridized carbons (Fsp3) is 0.167. The van der Waals surface area contributed by atoms with Crippen LogP contribution >= 0.6 is 0 Å². The molecule has 1 fully saturated rings. The summed E-state index contributed by atoms with van der Waals surface area (Å²) in [6.07, 6.45) is 7.23. The Balaban J connectivity index is 2.06. The molecule has 1 aromatic carbocycles. The van der Waals surface area contributed by atoms with Gasteiger partial charge in [-0.1, -0.05) is 0 Å². The van der Waals surface area contributed by atoms with Crippen molar-refractivity contribution >= 4 is 16.8 Å². The lowest BCUT2D eigenvalue weighted by atomic mass is 10.1. The molecule has 1 saturated carbocycles. The highest BCUT2D eigenvalue weighted by atomic mass is 16.5. The van der Waals surface area contributed by atoms with E-state index in [2.05, 4.69) is 18.2 Å². The van der Waals surface area contributed by atoms with Gasteiger partial charge in [-0.25, -0.2) is 0 Å². The highest BCUT2D eigenvalue weighted by molar-refractivity contribution is 5.87. The first-order valence-electron chi connectivity index (χ1n) is 4.77. The van der Waals surface area contributed by atoms with Gasteiger partial charge >= 0.3 is 0 Å². The third-order valence-corrected chi connectivity index (χ3v) is 2.89. The number of benzene rings is 1. The van der Waals surface area contributed by atoms with Crippen molar-refractivity contribution in [2.75, 3.05) is 0 Å². The van der Waals surface area contributed by atoms with Crippen molar-refractivity contribution in [3.63, 3.8) is 0 Å². The molecule has 0 amide bonds. The van der Waals surface area contributed by atoms with Crippen molar-refractivity contribution in [3.8, 4) is 5.75 Å². The highest BCUT2D eigenvalue weighted by Gasteiger charge is 2.35. The summed E-state index contributed by atoms with van der Waals surface area (Å²) in [5, 5.41) is 2.25. The molecule has 2 heteroatoms. The highest BCUT2D eigenvalue weighted by Crippen LogP contribution is 2.43. The molecule has 2 aliphatic rings. The molecule has 2 aromatic rings. The summed E-state index contributed by atoms with van der Waals surface area (Å²) in [5.74, 6) is 0.991. The van der Waals surface area contributed by atoms with Gasteiger partial charge in [-0.05, 0) is 23.8 Å². The van der Waals surface area contributed by atoms with Gasteiger partial charge in [0.1, 0.15) is 11.9 Å². The molecule has 1 aromatic heterocycles. The first-order chi connectivity index (χ1) is 6.90. The molecule has 1 unspecified atom stereocenters. The molecule has 2 heterocycles. The number of hydrogen-bond acceptors (Lipinski definition) is 2. The zero-order valence-corrected chi connectivity index (χ0v) is 7.49. The van der Waals surface area contributed by atoms with Crippen molar-refractivity contribution < 1.29 is 9.15 Å². The second-order valence-electron chi connectivity index (χ2n) is 3.92. The average Bonchev–Trinajstić information content (AvgIpc) is 2.77. The van der Waals surface area contributed by atoms with E-state index in [0.717, 1.165) is 22.9 Å². The Labute approximate surface area is 80.8 Å². The van der Waals surface area contributed by atoms with Crippen LogP contribution in [0.15, 0.2) is 34.6 Å². The number of furan rings is 1. The van der Waals surface area contributed by atoms with Crippen molar-refractivity contribution in [3.05, 3.63) is 35.8 Å². The van der Waals surface area contributed by atoms with Crippen LogP contribution in [0, 0.1) is 0 Å². The van der Waals surface area contributed by atoms with Crippen LogP contribution in [0.25, 0.3) is 16.8 Å². The molecular weight excluding hydrogens is 176 g/mol. The Morgan fingerprint density at radius 1 is 1.14 bits per heavy atom. The second kappa shape index (κ2) is 2.03. The van der Waals surface area contributed by atoms with Gasteiger partial charge in [0, 0.05) is 22.8 Å². The second-order valence-corrected chi connectivity index (χ2v) is 3.92. The minimum atomic E-state index is 0.367. The van der Waals surface area contributed by atoms with E-state index in [1.807, 2.05) is 0 Å². The van der Waals surface area contributed by atoms with Gasteiger partial charge in [0.2, 0.25) is 0 Å². The summed E-state index contributed by atoms with van der Waals surface area (Å²) in [7, 11) is 0. The van der Waals surface area contributed by atoms with Gasteiger partial charge in [-0.15, -0.1) is 0 Å². The molecule has 1 atom stereocenters. The van der Waals surface area contributed by atoms with E-state index in [9.17, 15) is 0 Å². The van der Waals surface area contributed by atoms with E-state index in [4.69, 9.17) is 9.15 Å². The van der Waals surface area contributed by atoms with Crippen LogP contribution in [0.5, 0.6) is 5.75 Å². The molecule has 0 N–H and O–H groups in total. The largest absolute Gasteiger partial charge is 0.485 e. The summed E-state index contributed by atoms with van der Waals surface area (Å²) in [5.41, 5.74) is 2.60. The van der Waals surface area contributed by atoms with Crippen molar-refractivity contribution in [1.29, 1.82) is 0 Å². The van der Waals surface area contributed by atoms with Gasteiger partial charge < -0.3 is 9.15 Å². The lowest BCUT2D eigenvalue weighted by molar-refractivity contribution is 0.312. The fourth-order valence-corrected chi connectivity index (χ4v) is 2.01. The Morgan fingerprint density at radius 3 is 2.93 bits per heavy atom. The molecule has 14 heavy (non-hydrogen) atoms. The monoisotopic (exact) mass is 184 g/mol. The van der Waals surface area contributed by atoms with E-state index in [1.54, 1.807) is 12.5 Å². The summed E-state index contributed by atoms with van der Waals surface area (Å²) in [4.78, 5) is 0. The molecule has 4 rings (SSSR count). The normalized spacial score (nSPS) is 22.3. The molecule has 68 valence electrons.